The number of hydrogen-bond acceptors (Lipinski definition) is 3. The topological polar surface area (TPSA) is 50.4 Å². The van der Waals surface area contributed by atoms with Crippen LogP contribution < -0.4 is 10.6 Å². The van der Waals surface area contributed by atoms with Crippen LogP contribution in [0.3, 0.4) is 0 Å². The lowest BCUT2D eigenvalue weighted by molar-refractivity contribution is -0.119. The number of carbonyl (C=O) groups excluding carboxylic acids is 1. The van der Waals surface area contributed by atoms with E-state index in [9.17, 15) is 4.79 Å². The molecule has 17 heavy (non-hydrogen) atoms. The number of hydrogen-bond donors (Lipinski definition) is 2. The predicted molar refractivity (Wildman–Crippen MR) is 69.3 cm³/mol. The van der Waals surface area contributed by atoms with E-state index in [2.05, 4.69) is 23.6 Å². The minimum Gasteiger partial charge on any atom is -0.383 e. The third-order valence-corrected chi connectivity index (χ3v) is 2.67. The molecule has 0 atom stereocenters. The third-order valence-electron chi connectivity index (χ3n) is 2.67. The van der Waals surface area contributed by atoms with Crippen molar-refractivity contribution in [2.24, 2.45) is 0 Å². The first-order valence-electron chi connectivity index (χ1n) is 5.71. The summed E-state index contributed by atoms with van der Waals surface area (Å²) in [6, 6.07) is 6.01. The Kier molecular flexibility index (Phi) is 5.49. The summed E-state index contributed by atoms with van der Waals surface area (Å²) >= 11 is 0. The molecule has 0 saturated carbocycles. The van der Waals surface area contributed by atoms with Gasteiger partial charge in [-0.1, -0.05) is 12.1 Å². The van der Waals surface area contributed by atoms with Gasteiger partial charge in [0.2, 0.25) is 5.91 Å². The summed E-state index contributed by atoms with van der Waals surface area (Å²) in [5.41, 5.74) is 3.40. The van der Waals surface area contributed by atoms with Crippen LogP contribution in [-0.4, -0.2) is 32.7 Å². The molecule has 0 radical (unpaired) electrons. The molecule has 0 aliphatic carbocycles. The van der Waals surface area contributed by atoms with E-state index in [1.165, 1.54) is 11.1 Å². The van der Waals surface area contributed by atoms with Crippen LogP contribution in [0.15, 0.2) is 18.2 Å². The fraction of sp³-hybridized carbons (Fsp3) is 0.462. The minimum absolute atomic E-state index is 0.0250. The summed E-state index contributed by atoms with van der Waals surface area (Å²) in [5, 5.41) is 5.89. The number of nitrogens with one attached hydrogen (secondary N) is 2. The van der Waals surface area contributed by atoms with Crippen LogP contribution in [0, 0.1) is 13.8 Å². The van der Waals surface area contributed by atoms with E-state index in [-0.39, 0.29) is 12.5 Å². The molecule has 1 aromatic rings. The Morgan fingerprint density at radius 1 is 1.35 bits per heavy atom. The normalized spacial score (nSPS) is 10.1. The minimum atomic E-state index is -0.0250. The monoisotopic (exact) mass is 236 g/mol. The molecule has 94 valence electrons. The van der Waals surface area contributed by atoms with Crippen molar-refractivity contribution in [3.63, 3.8) is 0 Å². The summed E-state index contributed by atoms with van der Waals surface area (Å²) in [5.74, 6) is -0.0250. The van der Waals surface area contributed by atoms with Crippen molar-refractivity contribution in [1.29, 1.82) is 0 Å². The van der Waals surface area contributed by atoms with Gasteiger partial charge in [-0.2, -0.15) is 0 Å². The van der Waals surface area contributed by atoms with Crippen LogP contribution in [0.25, 0.3) is 0 Å². The van der Waals surface area contributed by atoms with E-state index < -0.39 is 0 Å². The maximum atomic E-state index is 11.5. The van der Waals surface area contributed by atoms with Gasteiger partial charge in [-0.3, -0.25) is 4.79 Å². The van der Waals surface area contributed by atoms with Gasteiger partial charge in [0.25, 0.3) is 0 Å². The van der Waals surface area contributed by atoms with Crippen molar-refractivity contribution in [1.82, 2.24) is 5.32 Å². The SMILES string of the molecule is COCCNC(=O)CNc1cccc(C)c1C. The first-order chi connectivity index (χ1) is 8.15. The summed E-state index contributed by atoms with van der Waals surface area (Å²) in [6.07, 6.45) is 0. The molecular weight excluding hydrogens is 216 g/mol. The van der Waals surface area contributed by atoms with Crippen molar-refractivity contribution in [3.05, 3.63) is 29.3 Å². The van der Waals surface area contributed by atoms with Gasteiger partial charge in [0.1, 0.15) is 0 Å². The van der Waals surface area contributed by atoms with E-state index in [4.69, 9.17) is 4.74 Å². The maximum absolute atomic E-state index is 11.5. The molecule has 0 aliphatic heterocycles. The molecule has 0 spiro atoms. The standard InChI is InChI=1S/C13H20N2O2/c1-10-5-4-6-12(11(10)2)15-9-13(16)14-7-8-17-3/h4-6,15H,7-9H2,1-3H3,(H,14,16). The average Bonchev–Trinajstić information content (AvgIpc) is 2.31. The number of methoxy groups -OCH3 is 1. The van der Waals surface area contributed by atoms with Crippen LogP contribution in [0.4, 0.5) is 5.69 Å². The zero-order chi connectivity index (χ0) is 12.7. The average molecular weight is 236 g/mol. The maximum Gasteiger partial charge on any atom is 0.239 e. The fourth-order valence-electron chi connectivity index (χ4n) is 1.47. The quantitative estimate of drug-likeness (QED) is 0.736. The molecule has 1 rings (SSSR count). The number of ether oxygens (including phenoxy) is 1. The Morgan fingerprint density at radius 2 is 2.12 bits per heavy atom. The molecule has 4 nitrogen and oxygen atoms in total. The smallest absolute Gasteiger partial charge is 0.239 e. The molecule has 0 aliphatic rings. The molecule has 0 aromatic heterocycles. The lowest BCUT2D eigenvalue weighted by Gasteiger charge is -2.11. The van der Waals surface area contributed by atoms with E-state index in [0.717, 1.165) is 5.69 Å². The van der Waals surface area contributed by atoms with E-state index in [1.807, 2.05) is 19.1 Å². The molecule has 1 amide bonds. The number of benzene rings is 1. The Morgan fingerprint density at radius 3 is 2.82 bits per heavy atom. The zero-order valence-electron chi connectivity index (χ0n) is 10.7. The van der Waals surface area contributed by atoms with Gasteiger partial charge < -0.3 is 15.4 Å². The highest BCUT2D eigenvalue weighted by Crippen LogP contribution is 2.17. The molecule has 0 heterocycles. The molecule has 2 N–H and O–H groups in total. The Hall–Kier alpha value is -1.55. The van der Waals surface area contributed by atoms with Crippen LogP contribution in [-0.2, 0) is 9.53 Å². The van der Waals surface area contributed by atoms with Gasteiger partial charge in [-0.25, -0.2) is 0 Å². The Labute approximate surface area is 102 Å². The lowest BCUT2D eigenvalue weighted by atomic mass is 10.1. The van der Waals surface area contributed by atoms with Crippen molar-refractivity contribution in [2.75, 3.05) is 32.1 Å². The fourth-order valence-corrected chi connectivity index (χ4v) is 1.47. The number of amides is 1. The predicted octanol–water partition coefficient (Wildman–Crippen LogP) is 1.48. The van der Waals surface area contributed by atoms with Crippen molar-refractivity contribution in [3.8, 4) is 0 Å². The summed E-state index contributed by atoms with van der Waals surface area (Å²) in [7, 11) is 1.61. The molecule has 0 unspecified atom stereocenters. The zero-order valence-corrected chi connectivity index (χ0v) is 10.7. The van der Waals surface area contributed by atoms with Gasteiger partial charge in [0, 0.05) is 19.3 Å². The molecule has 0 saturated heterocycles. The second kappa shape index (κ2) is 6.91. The van der Waals surface area contributed by atoms with Crippen LogP contribution in [0.2, 0.25) is 0 Å². The second-order valence-corrected chi connectivity index (χ2v) is 3.94. The van der Waals surface area contributed by atoms with Crippen LogP contribution >= 0.6 is 0 Å². The Bertz CT molecular complexity index is 378. The van der Waals surface area contributed by atoms with Crippen molar-refractivity contribution in [2.45, 2.75) is 13.8 Å². The third kappa shape index (κ3) is 4.44. The Balaban J connectivity index is 2.39. The number of rotatable bonds is 6. The lowest BCUT2D eigenvalue weighted by Crippen LogP contribution is -2.32. The summed E-state index contributed by atoms with van der Waals surface area (Å²) < 4.78 is 4.85. The summed E-state index contributed by atoms with van der Waals surface area (Å²) in [6.45, 7) is 5.46. The molecular formula is C13H20N2O2. The highest BCUT2D eigenvalue weighted by atomic mass is 16.5. The first-order valence-corrected chi connectivity index (χ1v) is 5.71. The van der Waals surface area contributed by atoms with Gasteiger partial charge in [-0.05, 0) is 31.0 Å². The number of anilines is 1. The van der Waals surface area contributed by atoms with Crippen molar-refractivity contribution >= 4 is 11.6 Å². The number of carbonyl (C=O) groups is 1. The highest BCUT2D eigenvalue weighted by Gasteiger charge is 2.03. The van der Waals surface area contributed by atoms with Gasteiger partial charge in [0.05, 0.1) is 13.2 Å². The molecule has 1 aromatic carbocycles. The van der Waals surface area contributed by atoms with E-state index in [1.54, 1.807) is 7.11 Å². The molecule has 0 fully saturated rings. The summed E-state index contributed by atoms with van der Waals surface area (Å²) in [4.78, 5) is 11.5. The highest BCUT2D eigenvalue weighted by molar-refractivity contribution is 5.81. The molecule has 4 heteroatoms. The first kappa shape index (κ1) is 13.5. The van der Waals surface area contributed by atoms with Gasteiger partial charge in [0.15, 0.2) is 0 Å². The van der Waals surface area contributed by atoms with Gasteiger partial charge >= 0.3 is 0 Å². The second-order valence-electron chi connectivity index (χ2n) is 3.94. The van der Waals surface area contributed by atoms with E-state index in [0.29, 0.717) is 13.2 Å². The number of aryl methyl sites for hydroxylation is 1. The van der Waals surface area contributed by atoms with Crippen LogP contribution in [0.5, 0.6) is 0 Å². The van der Waals surface area contributed by atoms with Crippen molar-refractivity contribution < 1.29 is 9.53 Å². The van der Waals surface area contributed by atoms with Crippen LogP contribution in [0.1, 0.15) is 11.1 Å². The van der Waals surface area contributed by atoms with E-state index >= 15 is 0 Å². The molecule has 0 bridgehead atoms. The van der Waals surface area contributed by atoms with Gasteiger partial charge in [-0.15, -0.1) is 0 Å². The largest absolute Gasteiger partial charge is 0.383 e.